The molecule has 2 amide bonds. The summed E-state index contributed by atoms with van der Waals surface area (Å²) in [5.74, 6) is 1.16. The minimum Gasteiger partial charge on any atom is -0.490 e. The van der Waals surface area contributed by atoms with Crippen LogP contribution in [0, 0.1) is 0 Å². The fourth-order valence-electron chi connectivity index (χ4n) is 4.47. The van der Waals surface area contributed by atoms with E-state index in [9.17, 15) is 9.59 Å². The number of rotatable bonds is 15. The van der Waals surface area contributed by atoms with E-state index in [0.29, 0.717) is 44.1 Å². The first-order chi connectivity index (χ1) is 19.3. The maximum absolute atomic E-state index is 14.0. The van der Waals surface area contributed by atoms with Crippen LogP contribution < -0.4 is 14.8 Å². The molecule has 2 atom stereocenters. The molecule has 3 aromatic rings. The number of nitrogens with one attached hydrogen (secondary N) is 1. The van der Waals surface area contributed by atoms with E-state index in [-0.39, 0.29) is 24.3 Å². The Labute approximate surface area is 247 Å². The van der Waals surface area contributed by atoms with Gasteiger partial charge in [-0.05, 0) is 74.6 Å². The summed E-state index contributed by atoms with van der Waals surface area (Å²) in [6.45, 7) is 9.29. The molecule has 214 valence electrons. The first-order valence-corrected chi connectivity index (χ1v) is 14.9. The lowest BCUT2D eigenvalue weighted by molar-refractivity contribution is -0.141. The van der Waals surface area contributed by atoms with Gasteiger partial charge in [0.2, 0.25) is 11.8 Å². The molecule has 0 radical (unpaired) electrons. The minimum atomic E-state index is -0.651. The number of carbonyl (C=O) groups is 2. The van der Waals surface area contributed by atoms with Crippen molar-refractivity contribution in [2.75, 3.05) is 13.2 Å². The lowest BCUT2D eigenvalue weighted by Gasteiger charge is -2.32. The number of aryl methyl sites for hydroxylation is 1. The molecule has 3 rings (SSSR count). The molecular weight excluding hydrogens is 568 g/mol. The zero-order valence-corrected chi connectivity index (χ0v) is 25.6. The molecule has 0 fully saturated rings. The predicted molar refractivity (Wildman–Crippen MR) is 164 cm³/mol. The molecular formula is C33H41BrN2O4. The van der Waals surface area contributed by atoms with Crippen LogP contribution in [-0.2, 0) is 29.0 Å². The minimum absolute atomic E-state index is 0.00874. The average Bonchev–Trinajstić information content (AvgIpc) is 2.95. The second-order valence-corrected chi connectivity index (χ2v) is 10.7. The normalized spacial score (nSPS) is 12.3. The summed E-state index contributed by atoms with van der Waals surface area (Å²) in [5.41, 5.74) is 2.94. The molecule has 0 saturated heterocycles. The molecule has 6 nitrogen and oxygen atoms in total. The van der Waals surface area contributed by atoms with E-state index in [1.165, 1.54) is 0 Å². The topological polar surface area (TPSA) is 67.9 Å². The van der Waals surface area contributed by atoms with Crippen LogP contribution in [0.25, 0.3) is 0 Å². The highest BCUT2D eigenvalue weighted by Gasteiger charge is 2.31. The number of carbonyl (C=O) groups excluding carboxylic acids is 2. The third kappa shape index (κ3) is 9.40. The fourth-order valence-corrected chi connectivity index (χ4v) is 4.92. The molecule has 0 saturated carbocycles. The van der Waals surface area contributed by atoms with Crippen molar-refractivity contribution in [3.8, 4) is 11.5 Å². The molecule has 0 spiro atoms. The molecule has 7 heteroatoms. The number of nitrogens with zero attached hydrogens (tertiary/aromatic N) is 1. The first-order valence-electron chi connectivity index (χ1n) is 14.1. The summed E-state index contributed by atoms with van der Waals surface area (Å²) in [5, 5.41) is 3.12. The van der Waals surface area contributed by atoms with E-state index < -0.39 is 6.04 Å². The highest BCUT2D eigenvalue weighted by Crippen LogP contribution is 2.29. The Morgan fingerprint density at radius 2 is 1.55 bits per heavy atom. The van der Waals surface area contributed by atoms with E-state index in [1.807, 2.05) is 100 Å². The van der Waals surface area contributed by atoms with Crippen LogP contribution in [0.3, 0.4) is 0 Å². The molecule has 1 N–H and O–H groups in total. The maximum atomic E-state index is 14.0. The predicted octanol–water partition coefficient (Wildman–Crippen LogP) is 6.73. The van der Waals surface area contributed by atoms with Crippen LogP contribution in [0.2, 0.25) is 0 Å². The van der Waals surface area contributed by atoms with Crippen molar-refractivity contribution in [3.05, 3.63) is 94.0 Å². The zero-order valence-electron chi connectivity index (χ0n) is 24.0. The van der Waals surface area contributed by atoms with E-state index in [4.69, 9.17) is 9.47 Å². The first kappa shape index (κ1) is 31.2. The number of halogens is 1. The lowest BCUT2D eigenvalue weighted by atomic mass is 10.0. The number of amides is 2. The maximum Gasteiger partial charge on any atom is 0.243 e. The van der Waals surface area contributed by atoms with Crippen LogP contribution >= 0.6 is 15.9 Å². The molecule has 0 aromatic heterocycles. The van der Waals surface area contributed by atoms with Crippen LogP contribution in [0.5, 0.6) is 11.5 Å². The third-order valence-electron chi connectivity index (χ3n) is 6.75. The smallest absolute Gasteiger partial charge is 0.243 e. The molecule has 3 aromatic carbocycles. The number of benzene rings is 3. The van der Waals surface area contributed by atoms with Crippen molar-refractivity contribution >= 4 is 27.7 Å². The van der Waals surface area contributed by atoms with Crippen LogP contribution in [0.1, 0.15) is 57.2 Å². The van der Waals surface area contributed by atoms with Crippen molar-refractivity contribution < 1.29 is 19.1 Å². The van der Waals surface area contributed by atoms with Gasteiger partial charge < -0.3 is 19.7 Å². The van der Waals surface area contributed by atoms with Crippen LogP contribution in [0.4, 0.5) is 0 Å². The molecule has 0 unspecified atom stereocenters. The van der Waals surface area contributed by atoms with Crippen LogP contribution in [0.15, 0.2) is 77.3 Å². The largest absolute Gasteiger partial charge is 0.490 e. The Balaban J connectivity index is 1.91. The van der Waals surface area contributed by atoms with Crippen molar-refractivity contribution in [1.82, 2.24) is 10.2 Å². The second-order valence-electron chi connectivity index (χ2n) is 9.82. The molecule has 40 heavy (non-hydrogen) atoms. The number of ether oxygens (including phenoxy) is 2. The zero-order chi connectivity index (χ0) is 28.9. The van der Waals surface area contributed by atoms with Crippen molar-refractivity contribution in [3.63, 3.8) is 0 Å². The van der Waals surface area contributed by atoms with Gasteiger partial charge in [0.15, 0.2) is 11.5 Å². The second kappa shape index (κ2) is 16.1. The van der Waals surface area contributed by atoms with E-state index >= 15 is 0 Å². The van der Waals surface area contributed by atoms with Gasteiger partial charge in [-0.15, -0.1) is 0 Å². The van der Waals surface area contributed by atoms with Crippen molar-refractivity contribution in [1.29, 1.82) is 0 Å². The lowest BCUT2D eigenvalue weighted by Crippen LogP contribution is -2.52. The van der Waals surface area contributed by atoms with E-state index in [1.54, 1.807) is 4.90 Å². The van der Waals surface area contributed by atoms with Gasteiger partial charge in [0.25, 0.3) is 0 Å². The summed E-state index contributed by atoms with van der Waals surface area (Å²) >= 11 is 3.54. The summed E-state index contributed by atoms with van der Waals surface area (Å²) in [4.78, 5) is 29.4. The van der Waals surface area contributed by atoms with Gasteiger partial charge in [-0.3, -0.25) is 9.59 Å². The number of hydrogen-bond acceptors (Lipinski definition) is 4. The van der Waals surface area contributed by atoms with Gasteiger partial charge in [-0.25, -0.2) is 0 Å². The Morgan fingerprint density at radius 3 is 2.23 bits per heavy atom. The highest BCUT2D eigenvalue weighted by molar-refractivity contribution is 9.10. The molecule has 0 aliphatic heterocycles. The Morgan fingerprint density at radius 1 is 0.850 bits per heavy atom. The highest BCUT2D eigenvalue weighted by atomic mass is 79.9. The molecule has 0 aliphatic rings. The summed E-state index contributed by atoms with van der Waals surface area (Å²) < 4.78 is 12.4. The third-order valence-corrected chi connectivity index (χ3v) is 7.24. The van der Waals surface area contributed by atoms with Crippen molar-refractivity contribution in [2.24, 2.45) is 0 Å². The molecule has 0 bridgehead atoms. The molecule has 0 aliphatic carbocycles. The quantitative estimate of drug-likeness (QED) is 0.208. The van der Waals surface area contributed by atoms with Gasteiger partial charge in [0.1, 0.15) is 6.04 Å². The SMILES string of the molecule is CCOc1ccc(CCC(=O)N(Cc2cccc(Br)c2)[C@@H](Cc2ccccc2)C(=O)N[C@H](C)CC)cc1OCC. The summed E-state index contributed by atoms with van der Waals surface area (Å²) in [6.07, 6.45) is 2.02. The van der Waals surface area contributed by atoms with Gasteiger partial charge in [-0.2, -0.15) is 0 Å². The fraction of sp³-hybridized carbons (Fsp3) is 0.394. The van der Waals surface area contributed by atoms with Crippen LogP contribution in [-0.4, -0.2) is 42.0 Å². The summed E-state index contributed by atoms with van der Waals surface area (Å²) in [6, 6.07) is 22.9. The average molecular weight is 610 g/mol. The molecule has 0 heterocycles. The van der Waals surface area contributed by atoms with Gasteiger partial charge in [0, 0.05) is 29.9 Å². The van der Waals surface area contributed by atoms with Gasteiger partial charge >= 0.3 is 0 Å². The van der Waals surface area contributed by atoms with Gasteiger partial charge in [-0.1, -0.05) is 71.4 Å². The Bertz CT molecular complexity index is 1230. The Hall–Kier alpha value is -3.32. The van der Waals surface area contributed by atoms with E-state index in [0.717, 1.165) is 27.6 Å². The van der Waals surface area contributed by atoms with Gasteiger partial charge in [0.05, 0.1) is 13.2 Å². The monoisotopic (exact) mass is 608 g/mol. The summed E-state index contributed by atoms with van der Waals surface area (Å²) in [7, 11) is 0. The number of hydrogen-bond donors (Lipinski definition) is 1. The Kier molecular flexibility index (Phi) is 12.5. The van der Waals surface area contributed by atoms with Crippen molar-refractivity contribution in [2.45, 2.75) is 72.0 Å². The standard InChI is InChI=1S/C33H41BrN2O4/c1-5-24(4)35-33(38)29(21-25-12-9-8-10-13-25)36(23-27-14-11-15-28(34)20-27)32(37)19-17-26-16-18-30(39-6-2)31(22-26)40-7-3/h8-16,18,20,22,24,29H,5-7,17,19,21,23H2,1-4H3,(H,35,38)/t24-,29+/m1/s1. The van der Waals surface area contributed by atoms with E-state index in [2.05, 4.69) is 21.2 Å².